The van der Waals surface area contributed by atoms with Gasteiger partial charge in [0.15, 0.2) is 13.9 Å². The zero-order chi connectivity index (χ0) is 27.1. The second kappa shape index (κ2) is 8.66. The number of carbonyl (C=O) groups is 2. The summed E-state index contributed by atoms with van der Waals surface area (Å²) in [5.74, 6) is 0.0518. The second-order valence-corrected chi connectivity index (χ2v) is 16.3. The van der Waals surface area contributed by atoms with Crippen molar-refractivity contribution in [2.75, 3.05) is 25.2 Å². The van der Waals surface area contributed by atoms with Crippen molar-refractivity contribution >= 4 is 31.4 Å². The minimum Gasteiger partial charge on any atom is -0.497 e. The van der Waals surface area contributed by atoms with Gasteiger partial charge in [-0.15, -0.1) is 0 Å². The molecule has 1 aromatic carbocycles. The first-order valence-electron chi connectivity index (χ1n) is 13.4. The number of aliphatic hydroxyl groups is 1. The van der Waals surface area contributed by atoms with Crippen molar-refractivity contribution in [3.05, 3.63) is 29.3 Å². The smallest absolute Gasteiger partial charge is 0.265 e. The van der Waals surface area contributed by atoms with Crippen molar-refractivity contribution in [1.82, 2.24) is 4.90 Å². The molecule has 0 saturated carbocycles. The van der Waals surface area contributed by atoms with Crippen LogP contribution in [0.5, 0.6) is 5.75 Å². The van der Waals surface area contributed by atoms with Gasteiger partial charge in [-0.25, -0.2) is 0 Å². The van der Waals surface area contributed by atoms with Gasteiger partial charge >= 0.3 is 0 Å². The third kappa shape index (κ3) is 3.72. The monoisotopic (exact) mass is 528 g/mol. The summed E-state index contributed by atoms with van der Waals surface area (Å²) in [5, 5.41) is 9.76. The quantitative estimate of drug-likeness (QED) is 0.569. The fourth-order valence-corrected chi connectivity index (χ4v) is 10.1. The first-order valence-corrected chi connectivity index (χ1v) is 16.4. The maximum atomic E-state index is 14.5. The highest BCUT2D eigenvalue weighted by molar-refractivity contribution is 6.71. The number of methoxy groups -OCH3 is 1. The summed E-state index contributed by atoms with van der Waals surface area (Å²) in [5.41, 5.74) is 1.38. The lowest BCUT2D eigenvalue weighted by atomic mass is 9.81. The number of carbonyl (C=O) groups excluding carboxylic acids is 2. The first-order chi connectivity index (χ1) is 17.3. The van der Waals surface area contributed by atoms with Crippen molar-refractivity contribution in [3.8, 4) is 5.75 Å². The third-order valence-corrected chi connectivity index (χ3v) is 11.6. The van der Waals surface area contributed by atoms with Crippen LogP contribution in [0.3, 0.4) is 0 Å². The molecule has 0 radical (unpaired) electrons. The molecule has 9 heteroatoms. The fraction of sp³-hybridized carbons (Fsp3) is 0.643. The number of nitrogens with zero attached hydrogens (tertiary/aromatic N) is 2. The van der Waals surface area contributed by atoms with Crippen LogP contribution in [0.1, 0.15) is 58.1 Å². The Balaban J connectivity index is 1.63. The number of anilines is 1. The summed E-state index contributed by atoms with van der Waals surface area (Å²) in [6, 6.07) is 3.68. The molecule has 1 aromatic rings. The fourth-order valence-electron chi connectivity index (χ4n) is 7.58. The molecule has 0 aromatic heterocycles. The average molecular weight is 529 g/mol. The van der Waals surface area contributed by atoms with Gasteiger partial charge in [0, 0.05) is 29.1 Å². The van der Waals surface area contributed by atoms with Crippen LogP contribution in [-0.4, -0.2) is 72.9 Å². The van der Waals surface area contributed by atoms with E-state index in [4.69, 9.17) is 9.47 Å². The van der Waals surface area contributed by atoms with E-state index in [0.29, 0.717) is 12.3 Å². The highest BCUT2D eigenvalue weighted by Crippen LogP contribution is 2.63. The Morgan fingerprint density at radius 2 is 2.00 bits per heavy atom. The molecule has 8 nitrogen and oxygen atoms in total. The maximum Gasteiger partial charge on any atom is 0.265 e. The first kappa shape index (κ1) is 26.4. The summed E-state index contributed by atoms with van der Waals surface area (Å²) in [7, 11) is -1.27. The van der Waals surface area contributed by atoms with Gasteiger partial charge in [-0.3, -0.25) is 14.5 Å². The Morgan fingerprint density at radius 1 is 1.30 bits per heavy atom. The number of ether oxygens (including phenoxy) is 2. The molecule has 0 bridgehead atoms. The van der Waals surface area contributed by atoms with Crippen LogP contribution >= 0.6 is 0 Å². The Hall–Kier alpha value is -2.20. The largest absolute Gasteiger partial charge is 0.497 e. The number of aliphatic hydroxyl groups excluding tert-OH is 1. The zero-order valence-electron chi connectivity index (χ0n) is 23.0. The number of amides is 2. The minimum absolute atomic E-state index is 0.0634. The number of hydrogen-bond acceptors (Lipinski definition) is 6. The summed E-state index contributed by atoms with van der Waals surface area (Å²) < 4.78 is 12.5. The molecule has 5 atom stereocenters. The summed E-state index contributed by atoms with van der Waals surface area (Å²) in [6.07, 6.45) is 3.20. The van der Waals surface area contributed by atoms with E-state index >= 15 is 0 Å². The molecule has 2 amide bonds. The summed E-state index contributed by atoms with van der Waals surface area (Å²) >= 11 is 0. The van der Waals surface area contributed by atoms with E-state index in [1.165, 1.54) is 0 Å². The highest BCUT2D eigenvalue weighted by Gasteiger charge is 2.68. The van der Waals surface area contributed by atoms with Crippen LogP contribution in [0.25, 0.3) is 5.57 Å². The average Bonchev–Trinajstić information content (AvgIpc) is 3.46. The van der Waals surface area contributed by atoms with E-state index in [0.717, 1.165) is 35.2 Å². The lowest BCUT2D eigenvalue weighted by Crippen LogP contribution is -2.53. The van der Waals surface area contributed by atoms with Gasteiger partial charge < -0.3 is 24.3 Å². The second-order valence-electron chi connectivity index (χ2n) is 12.3. The molecule has 4 aliphatic heterocycles. The van der Waals surface area contributed by atoms with Gasteiger partial charge in [-0.05, 0) is 64.4 Å². The molecule has 1 spiro atoms. The van der Waals surface area contributed by atoms with E-state index in [1.807, 2.05) is 57.8 Å². The predicted octanol–water partition coefficient (Wildman–Crippen LogP) is 3.41. The molecule has 4 heterocycles. The van der Waals surface area contributed by atoms with Gasteiger partial charge in [0.2, 0.25) is 5.91 Å². The summed E-state index contributed by atoms with van der Waals surface area (Å²) in [6.45, 7) is 12.4. The maximum absolute atomic E-state index is 14.5. The predicted molar refractivity (Wildman–Crippen MR) is 144 cm³/mol. The van der Waals surface area contributed by atoms with Gasteiger partial charge in [0.05, 0.1) is 43.5 Å². The Morgan fingerprint density at radius 3 is 2.62 bits per heavy atom. The normalized spacial score (nSPS) is 32.2. The van der Waals surface area contributed by atoms with Crippen LogP contribution in [0.2, 0.25) is 18.6 Å². The molecule has 2 saturated heterocycles. The van der Waals surface area contributed by atoms with Crippen molar-refractivity contribution in [2.24, 2.45) is 5.92 Å². The van der Waals surface area contributed by atoms with Crippen molar-refractivity contribution in [3.63, 3.8) is 0 Å². The number of allylic oxidation sites excluding steroid dienone is 1. The molecule has 0 unspecified atom stereocenters. The third-order valence-electron chi connectivity index (χ3n) is 9.05. The zero-order valence-corrected chi connectivity index (χ0v) is 24.0. The summed E-state index contributed by atoms with van der Waals surface area (Å²) in [4.78, 5) is 43.1. The van der Waals surface area contributed by atoms with Gasteiger partial charge in [-0.2, -0.15) is 0 Å². The number of benzene rings is 1. The topological polar surface area (TPSA) is 99.5 Å². The lowest BCUT2D eigenvalue weighted by Gasteiger charge is -2.39. The van der Waals surface area contributed by atoms with Crippen LogP contribution in [0.15, 0.2) is 18.2 Å². The van der Waals surface area contributed by atoms with E-state index < -0.39 is 25.6 Å². The molecular formula is C28H40N2O6Si. The Bertz CT molecular complexity index is 1170. The Kier molecular flexibility index (Phi) is 6.18. The van der Waals surface area contributed by atoms with Gasteiger partial charge in [-0.1, -0.05) is 13.0 Å². The Labute approximate surface area is 220 Å². The van der Waals surface area contributed by atoms with Gasteiger partial charge in [0.1, 0.15) is 5.75 Å². The number of fused-ring (bicyclic) bond motifs is 1. The van der Waals surface area contributed by atoms with E-state index in [-0.39, 0.29) is 42.3 Å². The van der Waals surface area contributed by atoms with Gasteiger partial charge in [0.25, 0.3) is 5.91 Å². The molecule has 5 rings (SSSR count). The number of hydrogen-bond donors (Lipinski definition) is 2. The van der Waals surface area contributed by atoms with Crippen LogP contribution in [0.4, 0.5) is 5.69 Å². The lowest BCUT2D eigenvalue weighted by molar-refractivity contribution is -0.150. The van der Waals surface area contributed by atoms with E-state index in [9.17, 15) is 19.5 Å². The van der Waals surface area contributed by atoms with Crippen LogP contribution in [0, 0.1) is 5.92 Å². The van der Waals surface area contributed by atoms with Crippen LogP contribution in [-0.2, 0) is 19.9 Å². The molecule has 2 fully saturated rings. The van der Waals surface area contributed by atoms with Crippen molar-refractivity contribution < 1.29 is 29.0 Å². The molecule has 202 valence electrons. The van der Waals surface area contributed by atoms with Crippen molar-refractivity contribution in [1.29, 1.82) is 0 Å². The minimum atomic E-state index is -2.89. The molecule has 4 aliphatic rings. The molecular weight excluding hydrogens is 488 g/mol. The SMILES string of the molecule is COc1cc2c3c(c1)[C@@]1(O[C@H](CC(=O)N4CCC[C@H]4CO)[C@@H]([Si](C)(C)O)[C@@H]1C)C(=O)N3C(C)(C)C=C2C. The molecule has 37 heavy (non-hydrogen) atoms. The van der Waals surface area contributed by atoms with Crippen molar-refractivity contribution in [2.45, 2.75) is 88.9 Å². The highest BCUT2D eigenvalue weighted by atomic mass is 28.4. The van der Waals surface area contributed by atoms with E-state index in [2.05, 4.69) is 6.08 Å². The number of likely N-dealkylation sites (tertiary alicyclic amines) is 1. The molecule has 2 N–H and O–H groups in total. The number of rotatable bonds is 5. The standard InChI is InChI=1S/C28H40N2O6Si/c1-16-14-27(3,4)30-24-20(16)11-19(35-5)12-21(24)28(26(30)33)17(2)25(37(6,7)34)22(36-28)13-23(32)29-10-8-9-18(29)15-31/h11-12,14,17-18,22,25,31,34H,8-10,13,15H2,1-7H3/t17-,18-,22+,25-,28+/m0/s1. The molecule has 0 aliphatic carbocycles. The van der Waals surface area contributed by atoms with Crippen LogP contribution < -0.4 is 9.64 Å². The van der Waals surface area contributed by atoms with E-state index in [1.54, 1.807) is 12.0 Å².